The minimum absolute atomic E-state index is 0.273. The molecule has 2 N–H and O–H groups in total. The number of aromatic nitrogens is 5. The van der Waals surface area contributed by atoms with Crippen LogP contribution in [0.3, 0.4) is 0 Å². The van der Waals surface area contributed by atoms with Gasteiger partial charge in [-0.1, -0.05) is 26.0 Å². The summed E-state index contributed by atoms with van der Waals surface area (Å²) in [4.78, 5) is 0. The van der Waals surface area contributed by atoms with E-state index in [9.17, 15) is 0 Å². The molecule has 0 atom stereocenters. The quantitative estimate of drug-likeness (QED) is 0.867. The molecule has 0 fully saturated rings. The molecule has 2 aromatic heterocycles. The van der Waals surface area contributed by atoms with Crippen LogP contribution in [0.5, 0.6) is 0 Å². The van der Waals surface area contributed by atoms with E-state index in [-0.39, 0.29) is 5.92 Å². The van der Waals surface area contributed by atoms with Crippen molar-refractivity contribution in [2.24, 2.45) is 7.05 Å². The lowest BCUT2D eigenvalue weighted by atomic mass is 10.1. The molecular weight excluding hydrogens is 216 g/mol. The molecular formula is C11H18N6. The van der Waals surface area contributed by atoms with Crippen LogP contribution in [-0.2, 0) is 13.5 Å². The lowest BCUT2D eigenvalue weighted by molar-refractivity contribution is 0.710. The van der Waals surface area contributed by atoms with Crippen LogP contribution in [0.1, 0.15) is 38.1 Å². The second-order valence-corrected chi connectivity index (χ2v) is 4.41. The van der Waals surface area contributed by atoms with Crippen LogP contribution in [-0.4, -0.2) is 24.8 Å². The van der Waals surface area contributed by atoms with Crippen LogP contribution in [0.2, 0.25) is 0 Å². The highest BCUT2D eigenvalue weighted by Crippen LogP contribution is 2.24. The van der Waals surface area contributed by atoms with Gasteiger partial charge in [-0.25, -0.2) is 4.68 Å². The summed E-state index contributed by atoms with van der Waals surface area (Å²) in [6.07, 6.45) is 2.80. The summed E-state index contributed by atoms with van der Waals surface area (Å²) in [6.45, 7) is 6.22. The summed E-state index contributed by atoms with van der Waals surface area (Å²) in [6, 6.07) is 0. The Morgan fingerprint density at radius 1 is 1.41 bits per heavy atom. The Bertz CT molecular complexity index is 522. The van der Waals surface area contributed by atoms with E-state index >= 15 is 0 Å². The maximum absolute atomic E-state index is 5.86. The average molecular weight is 234 g/mol. The van der Waals surface area contributed by atoms with Gasteiger partial charge in [0, 0.05) is 7.05 Å². The normalized spacial score (nSPS) is 11.4. The van der Waals surface area contributed by atoms with Gasteiger partial charge >= 0.3 is 0 Å². The summed E-state index contributed by atoms with van der Waals surface area (Å²) < 4.78 is 3.59. The molecule has 2 aromatic rings. The van der Waals surface area contributed by atoms with Crippen LogP contribution in [0.15, 0.2) is 6.20 Å². The minimum atomic E-state index is 0.273. The number of nitrogen functional groups attached to an aromatic ring is 1. The molecule has 2 rings (SSSR count). The van der Waals surface area contributed by atoms with E-state index in [4.69, 9.17) is 5.73 Å². The van der Waals surface area contributed by atoms with Gasteiger partial charge in [0.15, 0.2) is 5.82 Å². The molecule has 0 aliphatic carbocycles. The molecule has 0 saturated heterocycles. The lowest BCUT2D eigenvalue weighted by Gasteiger charge is -2.08. The van der Waals surface area contributed by atoms with E-state index in [1.807, 2.05) is 13.2 Å². The first-order valence-corrected chi connectivity index (χ1v) is 5.78. The fourth-order valence-electron chi connectivity index (χ4n) is 1.97. The van der Waals surface area contributed by atoms with Gasteiger partial charge in [-0.05, 0) is 12.3 Å². The molecule has 6 heteroatoms. The summed E-state index contributed by atoms with van der Waals surface area (Å²) in [5.74, 6) is 0.765. The highest BCUT2D eigenvalue weighted by Gasteiger charge is 2.18. The first kappa shape index (κ1) is 11.6. The summed E-state index contributed by atoms with van der Waals surface area (Å²) in [7, 11) is 1.90. The first-order valence-electron chi connectivity index (χ1n) is 5.78. The first-order chi connectivity index (χ1) is 8.04. The Morgan fingerprint density at radius 2 is 2.12 bits per heavy atom. The smallest absolute Gasteiger partial charge is 0.169 e. The van der Waals surface area contributed by atoms with Crippen molar-refractivity contribution in [3.05, 3.63) is 17.6 Å². The number of nitrogens with two attached hydrogens (primary N) is 1. The molecule has 0 bridgehead atoms. The number of nitrogens with zero attached hydrogens (tertiary/aromatic N) is 5. The van der Waals surface area contributed by atoms with E-state index in [1.165, 1.54) is 0 Å². The van der Waals surface area contributed by atoms with Gasteiger partial charge in [-0.2, -0.15) is 5.10 Å². The zero-order valence-corrected chi connectivity index (χ0v) is 10.7. The molecule has 0 amide bonds. The SMILES string of the molecule is CCc1nn(C)cc1-n1nnc(N)c1C(C)C. The zero-order valence-electron chi connectivity index (χ0n) is 10.7. The van der Waals surface area contributed by atoms with E-state index in [0.29, 0.717) is 5.82 Å². The van der Waals surface area contributed by atoms with Crippen LogP contribution in [0.4, 0.5) is 5.82 Å². The van der Waals surface area contributed by atoms with Crippen molar-refractivity contribution in [1.82, 2.24) is 24.8 Å². The Morgan fingerprint density at radius 3 is 2.71 bits per heavy atom. The second kappa shape index (κ2) is 4.20. The number of hydrogen-bond donors (Lipinski definition) is 1. The van der Waals surface area contributed by atoms with Crippen LogP contribution in [0.25, 0.3) is 5.69 Å². The highest BCUT2D eigenvalue weighted by atomic mass is 15.5. The van der Waals surface area contributed by atoms with E-state index in [1.54, 1.807) is 9.36 Å². The van der Waals surface area contributed by atoms with Crippen molar-refractivity contribution >= 4 is 5.82 Å². The molecule has 0 spiro atoms. The number of anilines is 1. The Balaban J connectivity index is 2.60. The van der Waals surface area contributed by atoms with E-state index in [0.717, 1.165) is 23.5 Å². The summed E-state index contributed by atoms with van der Waals surface area (Å²) in [5, 5.41) is 12.5. The minimum Gasteiger partial charge on any atom is -0.381 e. The molecule has 0 saturated carbocycles. The Hall–Kier alpha value is -1.85. The van der Waals surface area contributed by atoms with Gasteiger partial charge in [0.1, 0.15) is 5.69 Å². The van der Waals surface area contributed by atoms with Crippen molar-refractivity contribution in [3.63, 3.8) is 0 Å². The number of rotatable bonds is 3. The van der Waals surface area contributed by atoms with Crippen molar-refractivity contribution in [2.45, 2.75) is 33.1 Å². The fourth-order valence-corrected chi connectivity index (χ4v) is 1.97. The van der Waals surface area contributed by atoms with Gasteiger partial charge in [0.25, 0.3) is 0 Å². The maximum Gasteiger partial charge on any atom is 0.169 e. The largest absolute Gasteiger partial charge is 0.381 e. The fraction of sp³-hybridized carbons (Fsp3) is 0.545. The summed E-state index contributed by atoms with van der Waals surface area (Å²) >= 11 is 0. The molecule has 2 heterocycles. The van der Waals surface area contributed by atoms with E-state index < -0.39 is 0 Å². The third-order valence-electron chi connectivity index (χ3n) is 2.73. The zero-order chi connectivity index (χ0) is 12.6. The number of aryl methyl sites for hydroxylation is 2. The maximum atomic E-state index is 5.86. The molecule has 0 unspecified atom stereocenters. The number of hydrogen-bond acceptors (Lipinski definition) is 4. The highest BCUT2D eigenvalue weighted by molar-refractivity contribution is 5.43. The van der Waals surface area contributed by atoms with E-state index in [2.05, 4.69) is 36.2 Å². The predicted molar refractivity (Wildman–Crippen MR) is 66.0 cm³/mol. The third-order valence-corrected chi connectivity index (χ3v) is 2.73. The van der Waals surface area contributed by atoms with Crippen LogP contribution < -0.4 is 5.73 Å². The van der Waals surface area contributed by atoms with Crippen LogP contribution in [0, 0.1) is 0 Å². The molecule has 0 aliphatic heterocycles. The average Bonchev–Trinajstić information content (AvgIpc) is 2.80. The van der Waals surface area contributed by atoms with Crippen molar-refractivity contribution in [2.75, 3.05) is 5.73 Å². The van der Waals surface area contributed by atoms with Gasteiger partial charge in [0.2, 0.25) is 0 Å². The molecule has 6 nitrogen and oxygen atoms in total. The molecule has 0 aromatic carbocycles. The molecule has 0 radical (unpaired) electrons. The molecule has 92 valence electrons. The molecule has 0 aliphatic rings. The Kier molecular flexibility index (Phi) is 2.87. The Labute approximate surface area is 100 Å². The van der Waals surface area contributed by atoms with Crippen LogP contribution >= 0.6 is 0 Å². The topological polar surface area (TPSA) is 74.5 Å². The molecule has 17 heavy (non-hydrogen) atoms. The summed E-state index contributed by atoms with van der Waals surface area (Å²) in [5.41, 5.74) is 8.75. The van der Waals surface area contributed by atoms with Gasteiger partial charge in [0.05, 0.1) is 17.6 Å². The van der Waals surface area contributed by atoms with Crippen molar-refractivity contribution < 1.29 is 0 Å². The van der Waals surface area contributed by atoms with Gasteiger partial charge in [-0.3, -0.25) is 4.68 Å². The predicted octanol–water partition coefficient (Wildman–Crippen LogP) is 1.27. The standard InChI is InChI=1S/C11H18N6/c1-5-8-9(6-16(4)14-8)17-10(7(2)3)11(12)13-15-17/h6-7H,5,12H2,1-4H3. The van der Waals surface area contributed by atoms with Crippen molar-refractivity contribution in [1.29, 1.82) is 0 Å². The lowest BCUT2D eigenvalue weighted by Crippen LogP contribution is -2.06. The van der Waals surface area contributed by atoms with Crippen molar-refractivity contribution in [3.8, 4) is 5.69 Å². The second-order valence-electron chi connectivity index (χ2n) is 4.41. The third kappa shape index (κ3) is 1.90. The van der Waals surface area contributed by atoms with Gasteiger partial charge < -0.3 is 5.73 Å². The monoisotopic (exact) mass is 234 g/mol. The van der Waals surface area contributed by atoms with Gasteiger partial charge in [-0.15, -0.1) is 5.10 Å².